The Labute approximate surface area is 173 Å². The minimum Gasteiger partial charge on any atom is -0.497 e. The molecule has 3 N–H and O–H groups in total. The molecule has 1 unspecified atom stereocenters. The molecule has 1 aliphatic carbocycles. The molecule has 3 amide bonds. The highest BCUT2D eigenvalue weighted by Gasteiger charge is 2.25. The van der Waals surface area contributed by atoms with E-state index >= 15 is 0 Å². The Bertz CT molecular complexity index is 682. The lowest BCUT2D eigenvalue weighted by molar-refractivity contribution is -0.127. The van der Waals surface area contributed by atoms with E-state index in [1.54, 1.807) is 31.4 Å². The third kappa shape index (κ3) is 7.07. The van der Waals surface area contributed by atoms with Gasteiger partial charge in [0.2, 0.25) is 11.8 Å². The van der Waals surface area contributed by atoms with E-state index in [1.807, 2.05) is 13.8 Å². The minimum atomic E-state index is -0.654. The molecule has 0 heterocycles. The molecule has 7 nitrogen and oxygen atoms in total. The van der Waals surface area contributed by atoms with Gasteiger partial charge in [-0.05, 0) is 43.0 Å². The van der Waals surface area contributed by atoms with Crippen LogP contribution in [0.5, 0.6) is 5.75 Å². The molecule has 1 aromatic rings. The molecule has 0 aromatic heterocycles. The number of methoxy groups -OCH3 is 1. The van der Waals surface area contributed by atoms with Gasteiger partial charge in [0, 0.05) is 24.6 Å². The summed E-state index contributed by atoms with van der Waals surface area (Å²) in [6.07, 6.45) is 5.33. The average molecular weight is 404 g/mol. The standard InChI is InChI=1S/C22H33N3O4/c1-15(2)19(25-21(27)17-9-11-18(29-3)12-10-17)22(28)24-14-13-23-20(26)16-7-5-4-6-8-16/h9-12,15-16,19H,4-8,13-14H2,1-3H3,(H,23,26)(H,24,28)(H,25,27). The van der Waals surface area contributed by atoms with Crippen molar-refractivity contribution in [2.24, 2.45) is 11.8 Å². The third-order valence-corrected chi connectivity index (χ3v) is 5.29. The zero-order valence-corrected chi connectivity index (χ0v) is 17.6. The van der Waals surface area contributed by atoms with Crippen LogP contribution < -0.4 is 20.7 Å². The fourth-order valence-electron chi connectivity index (χ4n) is 3.49. The van der Waals surface area contributed by atoms with Gasteiger partial charge in [0.15, 0.2) is 0 Å². The highest BCUT2D eigenvalue weighted by molar-refractivity contribution is 5.97. The number of amides is 3. The van der Waals surface area contributed by atoms with Gasteiger partial charge >= 0.3 is 0 Å². The first-order chi connectivity index (χ1) is 13.9. The van der Waals surface area contributed by atoms with Gasteiger partial charge in [-0.15, -0.1) is 0 Å². The summed E-state index contributed by atoms with van der Waals surface area (Å²) in [6, 6.07) is 6.07. The van der Waals surface area contributed by atoms with Crippen LogP contribution >= 0.6 is 0 Å². The SMILES string of the molecule is COc1ccc(C(=O)NC(C(=O)NCCNC(=O)C2CCCCC2)C(C)C)cc1. The number of carbonyl (C=O) groups excluding carboxylic acids is 3. The topological polar surface area (TPSA) is 96.5 Å². The monoisotopic (exact) mass is 403 g/mol. The summed E-state index contributed by atoms with van der Waals surface area (Å²) in [5.74, 6) is 0.198. The molecule has 7 heteroatoms. The van der Waals surface area contributed by atoms with Gasteiger partial charge in [0.1, 0.15) is 11.8 Å². The van der Waals surface area contributed by atoms with E-state index in [4.69, 9.17) is 4.74 Å². The van der Waals surface area contributed by atoms with E-state index in [-0.39, 0.29) is 29.6 Å². The van der Waals surface area contributed by atoms with E-state index in [0.717, 1.165) is 25.7 Å². The van der Waals surface area contributed by atoms with Crippen LogP contribution in [0, 0.1) is 11.8 Å². The van der Waals surface area contributed by atoms with Crippen molar-refractivity contribution in [1.29, 1.82) is 0 Å². The Morgan fingerprint density at radius 1 is 1.00 bits per heavy atom. The van der Waals surface area contributed by atoms with E-state index in [9.17, 15) is 14.4 Å². The number of hydrogen-bond donors (Lipinski definition) is 3. The largest absolute Gasteiger partial charge is 0.497 e. The van der Waals surface area contributed by atoms with Crippen molar-refractivity contribution in [2.45, 2.75) is 52.0 Å². The average Bonchev–Trinajstić information content (AvgIpc) is 2.75. The van der Waals surface area contributed by atoms with Crippen LogP contribution in [-0.4, -0.2) is 44.0 Å². The molecule has 160 valence electrons. The van der Waals surface area contributed by atoms with Crippen molar-refractivity contribution >= 4 is 17.7 Å². The first-order valence-electron chi connectivity index (χ1n) is 10.4. The summed E-state index contributed by atoms with van der Waals surface area (Å²) in [4.78, 5) is 37.2. The highest BCUT2D eigenvalue weighted by atomic mass is 16.5. The number of hydrogen-bond acceptors (Lipinski definition) is 4. The molecule has 0 aliphatic heterocycles. The minimum absolute atomic E-state index is 0.0750. The van der Waals surface area contributed by atoms with E-state index in [0.29, 0.717) is 24.4 Å². The Kier molecular flexibility index (Phi) is 8.96. The lowest BCUT2D eigenvalue weighted by Crippen LogP contribution is -2.51. The van der Waals surface area contributed by atoms with E-state index < -0.39 is 6.04 Å². The summed E-state index contributed by atoms with van der Waals surface area (Å²) in [5, 5.41) is 8.50. The molecule has 0 radical (unpaired) electrons. The van der Waals surface area contributed by atoms with Gasteiger partial charge in [-0.3, -0.25) is 14.4 Å². The van der Waals surface area contributed by atoms with Crippen molar-refractivity contribution in [1.82, 2.24) is 16.0 Å². The van der Waals surface area contributed by atoms with Crippen molar-refractivity contribution in [3.8, 4) is 5.75 Å². The van der Waals surface area contributed by atoms with Gasteiger partial charge < -0.3 is 20.7 Å². The van der Waals surface area contributed by atoms with Crippen LogP contribution in [0.2, 0.25) is 0 Å². The Hall–Kier alpha value is -2.57. The van der Waals surface area contributed by atoms with Crippen LogP contribution in [0.3, 0.4) is 0 Å². The number of nitrogens with one attached hydrogen (secondary N) is 3. The highest BCUT2D eigenvalue weighted by Crippen LogP contribution is 2.23. The maximum absolute atomic E-state index is 12.5. The molecule has 2 rings (SSSR count). The molecule has 1 saturated carbocycles. The first kappa shape index (κ1) is 22.7. The van der Waals surface area contributed by atoms with E-state index in [1.165, 1.54) is 6.42 Å². The Morgan fingerprint density at radius 2 is 1.62 bits per heavy atom. The number of rotatable bonds is 9. The van der Waals surface area contributed by atoms with Gasteiger partial charge in [0.05, 0.1) is 7.11 Å². The quantitative estimate of drug-likeness (QED) is 0.551. The number of benzene rings is 1. The molecule has 0 saturated heterocycles. The van der Waals surface area contributed by atoms with Crippen LogP contribution in [0.4, 0.5) is 0 Å². The zero-order chi connectivity index (χ0) is 21.2. The van der Waals surface area contributed by atoms with E-state index in [2.05, 4.69) is 16.0 Å². The molecule has 29 heavy (non-hydrogen) atoms. The van der Waals surface area contributed by atoms with Gasteiger partial charge in [-0.25, -0.2) is 0 Å². The zero-order valence-electron chi connectivity index (χ0n) is 17.6. The van der Waals surface area contributed by atoms with Crippen molar-refractivity contribution in [3.05, 3.63) is 29.8 Å². The maximum Gasteiger partial charge on any atom is 0.251 e. The second-order valence-corrected chi connectivity index (χ2v) is 7.84. The molecule has 1 aromatic carbocycles. The summed E-state index contributed by atoms with van der Waals surface area (Å²) < 4.78 is 5.09. The molecule has 0 bridgehead atoms. The summed E-state index contributed by atoms with van der Waals surface area (Å²) in [6.45, 7) is 4.48. The Morgan fingerprint density at radius 3 is 2.21 bits per heavy atom. The molecular weight excluding hydrogens is 370 g/mol. The summed E-state index contributed by atoms with van der Waals surface area (Å²) in [5.41, 5.74) is 0.462. The van der Waals surface area contributed by atoms with Gasteiger partial charge in [-0.2, -0.15) is 0 Å². The molecular formula is C22H33N3O4. The molecule has 1 aliphatic rings. The third-order valence-electron chi connectivity index (χ3n) is 5.29. The number of carbonyl (C=O) groups is 3. The molecule has 1 atom stereocenters. The first-order valence-corrected chi connectivity index (χ1v) is 10.4. The van der Waals surface area contributed by atoms with Crippen LogP contribution in [0.25, 0.3) is 0 Å². The fourth-order valence-corrected chi connectivity index (χ4v) is 3.49. The van der Waals surface area contributed by atoms with Crippen LogP contribution in [0.1, 0.15) is 56.3 Å². The summed E-state index contributed by atoms with van der Waals surface area (Å²) in [7, 11) is 1.56. The van der Waals surface area contributed by atoms with Crippen molar-refractivity contribution < 1.29 is 19.1 Å². The predicted molar refractivity (Wildman–Crippen MR) is 112 cm³/mol. The smallest absolute Gasteiger partial charge is 0.251 e. The van der Waals surface area contributed by atoms with Gasteiger partial charge in [-0.1, -0.05) is 33.1 Å². The second-order valence-electron chi connectivity index (χ2n) is 7.84. The van der Waals surface area contributed by atoms with Gasteiger partial charge in [0.25, 0.3) is 5.91 Å². The maximum atomic E-state index is 12.5. The van der Waals surface area contributed by atoms with Crippen LogP contribution in [0.15, 0.2) is 24.3 Å². The summed E-state index contributed by atoms with van der Waals surface area (Å²) >= 11 is 0. The fraction of sp³-hybridized carbons (Fsp3) is 0.591. The predicted octanol–water partition coefficient (Wildman–Crippen LogP) is 2.26. The van der Waals surface area contributed by atoms with Crippen LogP contribution in [-0.2, 0) is 9.59 Å². The normalized spacial score (nSPS) is 15.4. The lowest BCUT2D eigenvalue weighted by Gasteiger charge is -2.23. The second kappa shape index (κ2) is 11.4. The number of ether oxygens (including phenoxy) is 1. The lowest BCUT2D eigenvalue weighted by atomic mass is 9.89. The van der Waals surface area contributed by atoms with Crippen molar-refractivity contribution in [2.75, 3.05) is 20.2 Å². The molecule has 0 spiro atoms. The van der Waals surface area contributed by atoms with Crippen molar-refractivity contribution in [3.63, 3.8) is 0 Å². The Balaban J connectivity index is 1.79. The molecule has 1 fully saturated rings.